The molecule has 0 atom stereocenters. The van der Waals surface area contributed by atoms with E-state index in [4.69, 9.17) is 10.5 Å². The molecule has 0 bridgehead atoms. The minimum atomic E-state index is -0.510. The molecule has 0 saturated heterocycles. The number of nitrogens with two attached hydrogens (primary N) is 1. The number of para-hydroxylation sites is 1. The van der Waals surface area contributed by atoms with Gasteiger partial charge in [0.1, 0.15) is 12.4 Å². The third-order valence-corrected chi connectivity index (χ3v) is 2.76. The summed E-state index contributed by atoms with van der Waals surface area (Å²) in [6.07, 6.45) is 0. The lowest BCUT2D eigenvalue weighted by Gasteiger charge is -2.04. The SMILES string of the molecule is NC(=O)c1cc2n(n1)CCOc1ccccc1-2. The highest BCUT2D eigenvalue weighted by Crippen LogP contribution is 2.32. The van der Waals surface area contributed by atoms with Gasteiger partial charge < -0.3 is 10.5 Å². The molecule has 1 aromatic heterocycles. The smallest absolute Gasteiger partial charge is 0.269 e. The number of fused-ring (bicyclic) bond motifs is 3. The van der Waals surface area contributed by atoms with Crippen LogP contribution in [0.25, 0.3) is 11.3 Å². The van der Waals surface area contributed by atoms with Crippen molar-refractivity contribution in [1.29, 1.82) is 0 Å². The van der Waals surface area contributed by atoms with Gasteiger partial charge in [0, 0.05) is 5.56 Å². The number of hydrogen-bond acceptors (Lipinski definition) is 3. The normalized spacial score (nSPS) is 13.2. The predicted octanol–water partition coefficient (Wildman–Crippen LogP) is 1.04. The zero-order valence-corrected chi connectivity index (χ0v) is 9.09. The molecule has 3 rings (SSSR count). The second-order valence-electron chi connectivity index (χ2n) is 3.85. The number of rotatable bonds is 1. The molecule has 5 nitrogen and oxygen atoms in total. The number of carbonyl (C=O) groups is 1. The molecule has 0 aliphatic carbocycles. The van der Waals surface area contributed by atoms with E-state index >= 15 is 0 Å². The van der Waals surface area contributed by atoms with Gasteiger partial charge in [-0.3, -0.25) is 9.48 Å². The monoisotopic (exact) mass is 229 g/mol. The summed E-state index contributed by atoms with van der Waals surface area (Å²) in [5, 5.41) is 4.17. The van der Waals surface area contributed by atoms with E-state index in [1.54, 1.807) is 10.7 Å². The van der Waals surface area contributed by atoms with Gasteiger partial charge in [-0.15, -0.1) is 0 Å². The molecule has 2 N–H and O–H groups in total. The number of ether oxygens (including phenoxy) is 1. The third-order valence-electron chi connectivity index (χ3n) is 2.76. The maximum Gasteiger partial charge on any atom is 0.269 e. The molecule has 86 valence electrons. The van der Waals surface area contributed by atoms with Crippen molar-refractivity contribution in [1.82, 2.24) is 9.78 Å². The van der Waals surface area contributed by atoms with Gasteiger partial charge in [-0.05, 0) is 18.2 Å². The highest BCUT2D eigenvalue weighted by Gasteiger charge is 2.18. The molecule has 0 fully saturated rings. The molecule has 1 aliphatic heterocycles. The van der Waals surface area contributed by atoms with Crippen LogP contribution in [-0.4, -0.2) is 22.3 Å². The van der Waals surface area contributed by atoms with Gasteiger partial charge in [0.15, 0.2) is 5.69 Å². The predicted molar refractivity (Wildman–Crippen MR) is 61.7 cm³/mol. The standard InChI is InChI=1S/C12H11N3O2/c13-12(16)9-7-10-8-3-1-2-4-11(8)17-6-5-15(10)14-9/h1-4,7H,5-6H2,(H2,13,16). The van der Waals surface area contributed by atoms with Crippen LogP contribution in [0.4, 0.5) is 0 Å². The zero-order valence-electron chi connectivity index (χ0n) is 9.09. The summed E-state index contributed by atoms with van der Waals surface area (Å²) in [5.74, 6) is 0.297. The van der Waals surface area contributed by atoms with Crippen molar-refractivity contribution in [3.05, 3.63) is 36.0 Å². The zero-order chi connectivity index (χ0) is 11.8. The molecular weight excluding hydrogens is 218 g/mol. The van der Waals surface area contributed by atoms with Crippen LogP contribution in [0.15, 0.2) is 30.3 Å². The van der Waals surface area contributed by atoms with E-state index in [9.17, 15) is 4.79 Å². The van der Waals surface area contributed by atoms with E-state index in [1.807, 2.05) is 24.3 Å². The number of nitrogens with zero attached hydrogens (tertiary/aromatic N) is 2. The average Bonchev–Trinajstić information content (AvgIpc) is 2.67. The van der Waals surface area contributed by atoms with E-state index in [0.717, 1.165) is 17.0 Å². The minimum Gasteiger partial charge on any atom is -0.491 e. The van der Waals surface area contributed by atoms with Gasteiger partial charge in [-0.25, -0.2) is 0 Å². The largest absolute Gasteiger partial charge is 0.491 e. The van der Waals surface area contributed by atoms with Gasteiger partial charge in [0.25, 0.3) is 5.91 Å². The Kier molecular flexibility index (Phi) is 2.11. The summed E-state index contributed by atoms with van der Waals surface area (Å²) in [6, 6.07) is 9.39. The van der Waals surface area contributed by atoms with Crippen LogP contribution in [0.1, 0.15) is 10.5 Å². The van der Waals surface area contributed by atoms with Crippen LogP contribution in [0.5, 0.6) is 5.75 Å². The second kappa shape index (κ2) is 3.62. The molecule has 0 spiro atoms. The fraction of sp³-hybridized carbons (Fsp3) is 0.167. The van der Waals surface area contributed by atoms with Crippen LogP contribution in [0.2, 0.25) is 0 Å². The van der Waals surface area contributed by atoms with Crippen LogP contribution >= 0.6 is 0 Å². The molecular formula is C12H11N3O2. The topological polar surface area (TPSA) is 70.1 Å². The molecule has 1 aliphatic rings. The molecule has 0 unspecified atom stereocenters. The van der Waals surface area contributed by atoms with Gasteiger partial charge >= 0.3 is 0 Å². The number of amides is 1. The second-order valence-corrected chi connectivity index (χ2v) is 3.85. The lowest BCUT2D eigenvalue weighted by atomic mass is 10.1. The van der Waals surface area contributed by atoms with Crippen LogP contribution in [-0.2, 0) is 6.54 Å². The first kappa shape index (κ1) is 9.89. The summed E-state index contributed by atoms with van der Waals surface area (Å²) in [5.41, 5.74) is 7.33. The highest BCUT2D eigenvalue weighted by atomic mass is 16.5. The summed E-state index contributed by atoms with van der Waals surface area (Å²) < 4.78 is 7.37. The number of aromatic nitrogens is 2. The fourth-order valence-electron chi connectivity index (χ4n) is 1.97. The fourth-order valence-corrected chi connectivity index (χ4v) is 1.97. The van der Waals surface area contributed by atoms with E-state index in [2.05, 4.69) is 5.10 Å². The quantitative estimate of drug-likeness (QED) is 0.794. The Morgan fingerprint density at radius 1 is 1.41 bits per heavy atom. The molecule has 17 heavy (non-hydrogen) atoms. The number of primary amides is 1. The van der Waals surface area contributed by atoms with Crippen molar-refractivity contribution in [3.8, 4) is 17.0 Å². The van der Waals surface area contributed by atoms with E-state index in [0.29, 0.717) is 13.2 Å². The first-order valence-corrected chi connectivity index (χ1v) is 5.35. The Morgan fingerprint density at radius 3 is 3.06 bits per heavy atom. The van der Waals surface area contributed by atoms with Gasteiger partial charge in [-0.1, -0.05) is 12.1 Å². The summed E-state index contributed by atoms with van der Waals surface area (Å²) in [4.78, 5) is 11.1. The van der Waals surface area contributed by atoms with E-state index < -0.39 is 5.91 Å². The molecule has 2 aromatic rings. The van der Waals surface area contributed by atoms with Crippen LogP contribution in [0.3, 0.4) is 0 Å². The Labute approximate surface area is 97.8 Å². The van der Waals surface area contributed by atoms with Crippen molar-refractivity contribution in [3.63, 3.8) is 0 Å². The summed E-state index contributed by atoms with van der Waals surface area (Å²) in [7, 11) is 0. The Bertz CT molecular complexity index is 589. The van der Waals surface area contributed by atoms with E-state index in [-0.39, 0.29) is 5.69 Å². The average molecular weight is 229 g/mol. The Morgan fingerprint density at radius 2 is 2.24 bits per heavy atom. The van der Waals surface area contributed by atoms with Crippen molar-refractivity contribution in [2.24, 2.45) is 5.73 Å². The lowest BCUT2D eigenvalue weighted by Crippen LogP contribution is -2.13. The summed E-state index contributed by atoms with van der Waals surface area (Å²) in [6.45, 7) is 1.14. The summed E-state index contributed by atoms with van der Waals surface area (Å²) >= 11 is 0. The van der Waals surface area contributed by atoms with Crippen molar-refractivity contribution in [2.45, 2.75) is 6.54 Å². The molecule has 0 radical (unpaired) electrons. The first-order valence-electron chi connectivity index (χ1n) is 5.35. The van der Waals surface area contributed by atoms with Gasteiger partial charge in [-0.2, -0.15) is 5.10 Å². The number of benzene rings is 1. The molecule has 1 aromatic carbocycles. The van der Waals surface area contributed by atoms with Gasteiger partial charge in [0.05, 0.1) is 12.2 Å². The molecule has 1 amide bonds. The number of carbonyl (C=O) groups excluding carboxylic acids is 1. The van der Waals surface area contributed by atoms with Crippen molar-refractivity contribution < 1.29 is 9.53 Å². The first-order chi connectivity index (χ1) is 8.25. The Balaban J connectivity index is 2.21. The maximum absolute atomic E-state index is 11.1. The molecule has 2 heterocycles. The number of hydrogen-bond donors (Lipinski definition) is 1. The van der Waals surface area contributed by atoms with Crippen LogP contribution < -0.4 is 10.5 Å². The minimum absolute atomic E-state index is 0.289. The molecule has 0 saturated carbocycles. The maximum atomic E-state index is 11.1. The van der Waals surface area contributed by atoms with Gasteiger partial charge in [0.2, 0.25) is 0 Å². The molecule has 5 heteroatoms. The Hall–Kier alpha value is -2.30. The van der Waals surface area contributed by atoms with Crippen LogP contribution in [0, 0.1) is 0 Å². The van der Waals surface area contributed by atoms with E-state index in [1.165, 1.54) is 0 Å². The highest BCUT2D eigenvalue weighted by molar-refractivity contribution is 5.92. The third kappa shape index (κ3) is 1.56. The van der Waals surface area contributed by atoms with Crippen molar-refractivity contribution in [2.75, 3.05) is 6.61 Å². The van der Waals surface area contributed by atoms with Crippen molar-refractivity contribution >= 4 is 5.91 Å². The lowest BCUT2D eigenvalue weighted by molar-refractivity contribution is 0.0994.